The van der Waals surface area contributed by atoms with E-state index < -0.39 is 0 Å². The molecule has 0 spiro atoms. The lowest BCUT2D eigenvalue weighted by Gasteiger charge is -2.06. The highest BCUT2D eigenvalue weighted by Gasteiger charge is 2.08. The van der Waals surface area contributed by atoms with E-state index in [-0.39, 0.29) is 5.91 Å². The predicted octanol–water partition coefficient (Wildman–Crippen LogP) is 3.90. The van der Waals surface area contributed by atoms with Gasteiger partial charge in [-0.05, 0) is 35.9 Å². The van der Waals surface area contributed by atoms with Crippen LogP contribution in [0.15, 0.2) is 72.1 Å². The zero-order valence-corrected chi connectivity index (χ0v) is 14.5. The molecule has 0 radical (unpaired) electrons. The van der Waals surface area contributed by atoms with Crippen LogP contribution in [-0.2, 0) is 5.75 Å². The molecule has 0 aliphatic rings. The number of hydrogen-bond donors (Lipinski definition) is 2. The van der Waals surface area contributed by atoms with Crippen LogP contribution in [0.25, 0.3) is 10.9 Å². The Morgan fingerprint density at radius 3 is 2.69 bits per heavy atom. The molecule has 2 N–H and O–H groups in total. The predicted molar refractivity (Wildman–Crippen MR) is 102 cm³/mol. The van der Waals surface area contributed by atoms with Crippen LogP contribution in [0.2, 0.25) is 0 Å². The molecule has 0 saturated heterocycles. The van der Waals surface area contributed by atoms with E-state index in [0.29, 0.717) is 11.4 Å². The number of thioether (sulfide) groups is 1. The molecule has 128 valence electrons. The van der Waals surface area contributed by atoms with E-state index in [1.165, 1.54) is 6.33 Å². The quantitative estimate of drug-likeness (QED) is 0.527. The molecule has 0 bridgehead atoms. The molecule has 0 aliphatic heterocycles. The number of amides is 1. The Morgan fingerprint density at radius 1 is 1.04 bits per heavy atom. The third kappa shape index (κ3) is 3.73. The number of aromatic amines is 1. The van der Waals surface area contributed by atoms with Crippen molar-refractivity contribution in [2.75, 3.05) is 5.32 Å². The summed E-state index contributed by atoms with van der Waals surface area (Å²) in [6.45, 7) is 0. The number of aromatic nitrogens is 4. The van der Waals surface area contributed by atoms with Gasteiger partial charge in [0.15, 0.2) is 5.16 Å². The van der Waals surface area contributed by atoms with Gasteiger partial charge < -0.3 is 5.32 Å². The summed E-state index contributed by atoms with van der Waals surface area (Å²) in [5, 5.41) is 11.3. The minimum atomic E-state index is -0.179. The minimum absolute atomic E-state index is 0.179. The Kier molecular flexibility index (Phi) is 4.61. The van der Waals surface area contributed by atoms with Crippen LogP contribution in [0.1, 0.15) is 15.9 Å². The van der Waals surface area contributed by atoms with Crippen molar-refractivity contribution in [1.29, 1.82) is 0 Å². The summed E-state index contributed by atoms with van der Waals surface area (Å²) in [6, 6.07) is 19.1. The highest BCUT2D eigenvalue weighted by atomic mass is 32.2. The third-order valence-electron chi connectivity index (χ3n) is 3.82. The largest absolute Gasteiger partial charge is 0.307 e. The fraction of sp³-hybridized carbons (Fsp3) is 0.0526. The lowest BCUT2D eigenvalue weighted by Crippen LogP contribution is -2.12. The van der Waals surface area contributed by atoms with Crippen molar-refractivity contribution < 1.29 is 4.79 Å². The molecule has 4 aromatic rings. The molecule has 7 heteroatoms. The van der Waals surface area contributed by atoms with Crippen molar-refractivity contribution in [3.8, 4) is 0 Å². The average molecular weight is 361 g/mol. The summed E-state index contributed by atoms with van der Waals surface area (Å²) in [6.07, 6.45) is 1.48. The molecule has 0 atom stereocenters. The van der Waals surface area contributed by atoms with Crippen LogP contribution >= 0.6 is 11.8 Å². The van der Waals surface area contributed by atoms with Crippen molar-refractivity contribution in [2.45, 2.75) is 10.9 Å². The zero-order valence-electron chi connectivity index (χ0n) is 13.7. The second-order valence-electron chi connectivity index (χ2n) is 5.62. The molecule has 2 heterocycles. The van der Waals surface area contributed by atoms with Crippen LogP contribution < -0.4 is 5.32 Å². The molecule has 4 rings (SSSR count). The molecule has 26 heavy (non-hydrogen) atoms. The summed E-state index contributed by atoms with van der Waals surface area (Å²) < 4.78 is 0. The molecule has 2 aromatic carbocycles. The Balaban J connectivity index is 1.42. The topological polar surface area (TPSA) is 83.6 Å². The number of carbonyl (C=O) groups is 1. The summed E-state index contributed by atoms with van der Waals surface area (Å²) in [5.74, 6) is 1.12. The van der Waals surface area contributed by atoms with E-state index in [2.05, 4.69) is 25.5 Å². The number of pyridine rings is 1. The maximum Gasteiger partial charge on any atom is 0.256 e. The van der Waals surface area contributed by atoms with Gasteiger partial charge >= 0.3 is 0 Å². The van der Waals surface area contributed by atoms with Gasteiger partial charge in [-0.2, -0.15) is 5.10 Å². The first-order valence-electron chi connectivity index (χ1n) is 8.02. The fourth-order valence-corrected chi connectivity index (χ4v) is 3.23. The van der Waals surface area contributed by atoms with Gasteiger partial charge in [0.25, 0.3) is 5.91 Å². The van der Waals surface area contributed by atoms with E-state index in [1.54, 1.807) is 11.8 Å². The molecular weight excluding hydrogens is 346 g/mol. The number of hydrogen-bond acceptors (Lipinski definition) is 5. The van der Waals surface area contributed by atoms with E-state index in [1.807, 2.05) is 60.7 Å². The average Bonchev–Trinajstić information content (AvgIpc) is 3.20. The number of benzene rings is 2. The standard InChI is InChI=1S/C19H15N5OS/c25-18(23-17-10-9-14-3-1-2-4-16(14)22-17)15-7-5-13(6-8-15)11-26-19-20-12-21-24-19/h1-10,12H,11H2,(H,20,21,24)(H,22,23,25). The van der Waals surface area contributed by atoms with Gasteiger partial charge in [0.2, 0.25) is 0 Å². The van der Waals surface area contributed by atoms with Gasteiger partial charge in [0, 0.05) is 16.7 Å². The van der Waals surface area contributed by atoms with Crippen molar-refractivity contribution in [3.05, 3.63) is 78.1 Å². The molecular formula is C19H15N5OS. The normalized spacial score (nSPS) is 10.8. The Morgan fingerprint density at radius 2 is 1.88 bits per heavy atom. The van der Waals surface area contributed by atoms with E-state index in [9.17, 15) is 4.79 Å². The lowest BCUT2D eigenvalue weighted by atomic mass is 10.1. The van der Waals surface area contributed by atoms with Crippen LogP contribution in [0.3, 0.4) is 0 Å². The molecule has 6 nitrogen and oxygen atoms in total. The van der Waals surface area contributed by atoms with Crippen molar-refractivity contribution >= 4 is 34.4 Å². The molecule has 1 amide bonds. The second-order valence-corrected chi connectivity index (χ2v) is 6.58. The number of H-pyrrole nitrogens is 1. The first-order chi connectivity index (χ1) is 12.8. The fourth-order valence-electron chi connectivity index (χ4n) is 2.49. The van der Waals surface area contributed by atoms with Crippen LogP contribution in [0.4, 0.5) is 5.82 Å². The SMILES string of the molecule is O=C(Nc1ccc2ccccc2n1)c1ccc(CSc2ncn[nH]2)cc1. The van der Waals surface area contributed by atoms with Gasteiger partial charge in [-0.3, -0.25) is 9.89 Å². The Bertz CT molecular complexity index is 1030. The highest BCUT2D eigenvalue weighted by molar-refractivity contribution is 7.98. The van der Waals surface area contributed by atoms with Gasteiger partial charge in [0.05, 0.1) is 5.52 Å². The maximum absolute atomic E-state index is 12.4. The maximum atomic E-state index is 12.4. The lowest BCUT2D eigenvalue weighted by molar-refractivity contribution is 0.102. The Labute approximate surface area is 154 Å². The third-order valence-corrected chi connectivity index (χ3v) is 4.77. The van der Waals surface area contributed by atoms with E-state index in [4.69, 9.17) is 0 Å². The van der Waals surface area contributed by atoms with E-state index in [0.717, 1.165) is 27.4 Å². The van der Waals surface area contributed by atoms with Gasteiger partial charge in [-0.15, -0.1) is 0 Å². The van der Waals surface area contributed by atoms with Gasteiger partial charge in [-0.1, -0.05) is 42.1 Å². The number of nitrogens with zero attached hydrogens (tertiary/aromatic N) is 3. The number of fused-ring (bicyclic) bond motifs is 1. The molecule has 0 unspecified atom stereocenters. The number of nitrogens with one attached hydrogen (secondary N) is 2. The van der Waals surface area contributed by atoms with Crippen molar-refractivity contribution in [1.82, 2.24) is 20.2 Å². The molecule has 0 aliphatic carbocycles. The Hall–Kier alpha value is -3.19. The molecule has 0 saturated carbocycles. The molecule has 0 fully saturated rings. The number of rotatable bonds is 5. The van der Waals surface area contributed by atoms with Crippen molar-refractivity contribution in [3.63, 3.8) is 0 Å². The molecule has 2 aromatic heterocycles. The first-order valence-corrected chi connectivity index (χ1v) is 9.01. The summed E-state index contributed by atoms with van der Waals surface area (Å²) in [5.41, 5.74) is 2.55. The summed E-state index contributed by atoms with van der Waals surface area (Å²) in [4.78, 5) is 21.0. The minimum Gasteiger partial charge on any atom is -0.307 e. The highest BCUT2D eigenvalue weighted by Crippen LogP contribution is 2.19. The monoisotopic (exact) mass is 361 g/mol. The van der Waals surface area contributed by atoms with Gasteiger partial charge in [-0.25, -0.2) is 9.97 Å². The van der Waals surface area contributed by atoms with Crippen LogP contribution in [-0.4, -0.2) is 26.1 Å². The van der Waals surface area contributed by atoms with Crippen molar-refractivity contribution in [2.24, 2.45) is 0 Å². The first kappa shape index (κ1) is 16.3. The number of carbonyl (C=O) groups excluding carboxylic acids is 1. The van der Waals surface area contributed by atoms with Crippen LogP contribution in [0.5, 0.6) is 0 Å². The zero-order chi connectivity index (χ0) is 17.8. The second kappa shape index (κ2) is 7.37. The smallest absolute Gasteiger partial charge is 0.256 e. The van der Waals surface area contributed by atoms with Crippen LogP contribution in [0, 0.1) is 0 Å². The summed E-state index contributed by atoms with van der Waals surface area (Å²) in [7, 11) is 0. The summed E-state index contributed by atoms with van der Waals surface area (Å²) >= 11 is 1.56. The van der Waals surface area contributed by atoms with E-state index >= 15 is 0 Å². The number of anilines is 1. The number of para-hydroxylation sites is 1. The van der Waals surface area contributed by atoms with Gasteiger partial charge in [0.1, 0.15) is 12.1 Å².